The van der Waals surface area contributed by atoms with E-state index in [4.69, 9.17) is 5.10 Å². The summed E-state index contributed by atoms with van der Waals surface area (Å²) in [5.41, 5.74) is 2.77. The van der Waals surface area contributed by atoms with Crippen LogP contribution in [0.1, 0.15) is 62.4 Å². The van der Waals surface area contributed by atoms with Gasteiger partial charge in [0, 0.05) is 17.3 Å². The monoisotopic (exact) mass is 273 g/mol. The van der Waals surface area contributed by atoms with Crippen LogP contribution in [0.4, 0.5) is 0 Å². The molecule has 20 heavy (non-hydrogen) atoms. The highest BCUT2D eigenvalue weighted by Gasteiger charge is 2.49. The minimum absolute atomic E-state index is 0.403. The second-order valence-corrected chi connectivity index (χ2v) is 7.56. The van der Waals surface area contributed by atoms with Crippen LogP contribution in [0, 0.1) is 30.6 Å². The van der Waals surface area contributed by atoms with E-state index in [1.54, 1.807) is 0 Å². The normalized spacial score (nSPS) is 40.2. The van der Waals surface area contributed by atoms with Crippen molar-refractivity contribution in [2.45, 2.75) is 58.0 Å². The van der Waals surface area contributed by atoms with Crippen LogP contribution in [-0.4, -0.2) is 16.8 Å². The Morgan fingerprint density at radius 3 is 2.30 bits per heavy atom. The lowest BCUT2D eigenvalue weighted by Crippen LogP contribution is -2.46. The molecule has 4 fully saturated rings. The third kappa shape index (κ3) is 1.78. The van der Waals surface area contributed by atoms with Gasteiger partial charge in [-0.3, -0.25) is 4.68 Å². The summed E-state index contributed by atoms with van der Waals surface area (Å²) in [5, 5.41) is 8.16. The van der Waals surface area contributed by atoms with Crippen molar-refractivity contribution in [3.05, 3.63) is 17.5 Å². The smallest absolute Gasteiger partial charge is 0.0579 e. The Kier molecular flexibility index (Phi) is 2.95. The Morgan fingerprint density at radius 1 is 1.15 bits per heavy atom. The van der Waals surface area contributed by atoms with E-state index in [2.05, 4.69) is 30.0 Å². The van der Waals surface area contributed by atoms with Crippen LogP contribution in [-0.2, 0) is 0 Å². The summed E-state index contributed by atoms with van der Waals surface area (Å²) >= 11 is 0. The molecule has 5 rings (SSSR count). The Hall–Kier alpha value is -0.830. The van der Waals surface area contributed by atoms with Crippen molar-refractivity contribution in [1.29, 1.82) is 0 Å². The molecule has 0 amide bonds. The average molecular weight is 273 g/mol. The van der Waals surface area contributed by atoms with Gasteiger partial charge in [0.05, 0.1) is 12.2 Å². The predicted octanol–water partition coefficient (Wildman–Crippen LogP) is 3.47. The number of hydrogen-bond donors (Lipinski definition) is 1. The molecule has 4 aliphatic rings. The maximum absolute atomic E-state index is 4.81. The fourth-order valence-electron chi connectivity index (χ4n) is 5.61. The molecule has 1 aromatic rings. The van der Waals surface area contributed by atoms with Crippen LogP contribution in [0.25, 0.3) is 0 Å². The number of nitrogens with zero attached hydrogens (tertiary/aromatic N) is 2. The second kappa shape index (κ2) is 4.59. The minimum Gasteiger partial charge on any atom is -0.313 e. The fraction of sp³-hybridized carbons (Fsp3) is 0.824. The van der Waals surface area contributed by atoms with Gasteiger partial charge < -0.3 is 5.32 Å². The highest BCUT2D eigenvalue weighted by atomic mass is 15.3. The van der Waals surface area contributed by atoms with E-state index in [-0.39, 0.29) is 0 Å². The van der Waals surface area contributed by atoms with E-state index in [0.29, 0.717) is 12.1 Å². The van der Waals surface area contributed by atoms with Crippen LogP contribution in [0.15, 0.2) is 6.20 Å². The summed E-state index contributed by atoms with van der Waals surface area (Å²) in [5.74, 6) is 3.89. The molecule has 0 aromatic carbocycles. The van der Waals surface area contributed by atoms with Crippen LogP contribution >= 0.6 is 0 Å². The van der Waals surface area contributed by atoms with E-state index >= 15 is 0 Å². The van der Waals surface area contributed by atoms with Crippen LogP contribution in [0.2, 0.25) is 0 Å². The number of rotatable bonds is 3. The third-order valence-corrected chi connectivity index (χ3v) is 6.44. The number of nitrogens with one attached hydrogen (secondary N) is 1. The SMILES string of the molecule is CNC(C)c1cnn(C2C3CC4CC(C3)CC2C4)c1C. The molecule has 1 atom stereocenters. The lowest BCUT2D eigenvalue weighted by Gasteiger charge is -2.54. The van der Waals surface area contributed by atoms with E-state index < -0.39 is 0 Å². The molecule has 0 aliphatic heterocycles. The zero-order chi connectivity index (χ0) is 13.9. The molecule has 1 heterocycles. The summed E-state index contributed by atoms with van der Waals surface area (Å²) in [4.78, 5) is 0. The Balaban J connectivity index is 1.66. The van der Waals surface area contributed by atoms with Gasteiger partial charge in [0.1, 0.15) is 0 Å². The van der Waals surface area contributed by atoms with Crippen LogP contribution in [0.5, 0.6) is 0 Å². The van der Waals surface area contributed by atoms with Gasteiger partial charge in [-0.2, -0.15) is 5.10 Å². The molecule has 1 N–H and O–H groups in total. The van der Waals surface area contributed by atoms with Crippen molar-refractivity contribution in [1.82, 2.24) is 15.1 Å². The average Bonchev–Trinajstić information content (AvgIpc) is 2.79. The van der Waals surface area contributed by atoms with Gasteiger partial charge in [-0.1, -0.05) is 0 Å². The maximum Gasteiger partial charge on any atom is 0.0579 e. The molecule has 3 nitrogen and oxygen atoms in total. The zero-order valence-electron chi connectivity index (χ0n) is 13.0. The highest BCUT2D eigenvalue weighted by Crippen LogP contribution is 2.58. The van der Waals surface area contributed by atoms with Gasteiger partial charge in [0.2, 0.25) is 0 Å². The lowest BCUT2D eigenvalue weighted by molar-refractivity contribution is -0.0344. The first-order valence-corrected chi connectivity index (χ1v) is 8.38. The molecule has 4 saturated carbocycles. The molecule has 0 radical (unpaired) electrons. The first-order valence-electron chi connectivity index (χ1n) is 8.38. The molecule has 3 heteroatoms. The van der Waals surface area contributed by atoms with Gasteiger partial charge in [0.15, 0.2) is 0 Å². The Labute approximate surface area is 122 Å². The van der Waals surface area contributed by atoms with Crippen LogP contribution in [0.3, 0.4) is 0 Å². The lowest BCUT2D eigenvalue weighted by atomic mass is 9.54. The molecule has 0 spiro atoms. The van der Waals surface area contributed by atoms with E-state index in [0.717, 1.165) is 23.7 Å². The highest BCUT2D eigenvalue weighted by molar-refractivity contribution is 5.21. The summed E-state index contributed by atoms with van der Waals surface area (Å²) in [6, 6.07) is 1.10. The molecular weight excluding hydrogens is 246 g/mol. The van der Waals surface area contributed by atoms with Crippen molar-refractivity contribution >= 4 is 0 Å². The quantitative estimate of drug-likeness (QED) is 0.914. The van der Waals surface area contributed by atoms with Crippen LogP contribution < -0.4 is 5.32 Å². The zero-order valence-corrected chi connectivity index (χ0v) is 13.0. The van der Waals surface area contributed by atoms with Gasteiger partial charge in [0.25, 0.3) is 0 Å². The van der Waals surface area contributed by atoms with Gasteiger partial charge in [-0.05, 0) is 76.7 Å². The molecule has 1 unspecified atom stereocenters. The molecule has 110 valence electrons. The molecule has 1 aromatic heterocycles. The van der Waals surface area contributed by atoms with Crippen molar-refractivity contribution in [2.24, 2.45) is 23.7 Å². The first kappa shape index (κ1) is 12.9. The maximum atomic E-state index is 4.81. The molecule has 4 bridgehead atoms. The van der Waals surface area contributed by atoms with Crippen molar-refractivity contribution in [2.75, 3.05) is 7.05 Å². The fourth-order valence-corrected chi connectivity index (χ4v) is 5.61. The topological polar surface area (TPSA) is 29.9 Å². The summed E-state index contributed by atoms with van der Waals surface area (Å²) in [7, 11) is 2.03. The Morgan fingerprint density at radius 2 is 1.75 bits per heavy atom. The predicted molar refractivity (Wildman–Crippen MR) is 80.5 cm³/mol. The largest absolute Gasteiger partial charge is 0.313 e. The molecular formula is C17H27N3. The van der Waals surface area contributed by atoms with Crippen molar-refractivity contribution in [3.8, 4) is 0 Å². The summed E-state index contributed by atoms with van der Waals surface area (Å²) in [6.07, 6.45) is 9.49. The standard InChI is InChI=1S/C17H27N3/c1-10(18-3)16-9-19-20(11(16)2)17-14-5-12-4-13(7-14)8-15(17)6-12/h9-10,12-15,17-18H,4-8H2,1-3H3. The third-order valence-electron chi connectivity index (χ3n) is 6.44. The summed E-state index contributed by atoms with van der Waals surface area (Å²) in [6.45, 7) is 4.49. The molecule has 0 saturated heterocycles. The second-order valence-electron chi connectivity index (χ2n) is 7.56. The minimum atomic E-state index is 0.403. The van der Waals surface area contributed by atoms with Gasteiger partial charge in [-0.15, -0.1) is 0 Å². The summed E-state index contributed by atoms with van der Waals surface area (Å²) < 4.78 is 2.40. The van der Waals surface area contributed by atoms with E-state index in [9.17, 15) is 0 Å². The van der Waals surface area contributed by atoms with Gasteiger partial charge in [-0.25, -0.2) is 0 Å². The van der Waals surface area contributed by atoms with Crippen molar-refractivity contribution < 1.29 is 0 Å². The first-order chi connectivity index (χ1) is 9.67. The van der Waals surface area contributed by atoms with E-state index in [1.807, 2.05) is 7.05 Å². The molecule has 4 aliphatic carbocycles. The number of hydrogen-bond acceptors (Lipinski definition) is 2. The van der Waals surface area contributed by atoms with E-state index in [1.165, 1.54) is 43.4 Å². The Bertz CT molecular complexity index is 476. The van der Waals surface area contributed by atoms with Gasteiger partial charge >= 0.3 is 0 Å². The number of aromatic nitrogens is 2. The van der Waals surface area contributed by atoms with Crippen molar-refractivity contribution in [3.63, 3.8) is 0 Å².